The molecule has 0 aliphatic rings. The average molecular weight is 665 g/mol. The van der Waals surface area contributed by atoms with Crippen molar-refractivity contribution in [3.05, 3.63) is 84.8 Å². The molecule has 45 heavy (non-hydrogen) atoms. The molecule has 2 N–H and O–H groups in total. The lowest BCUT2D eigenvalue weighted by Crippen LogP contribution is -2.42. The number of carboxylic acids is 1. The smallest absolute Gasteiger partial charge is 0.326 e. The summed E-state index contributed by atoms with van der Waals surface area (Å²) in [6.07, 6.45) is 3.85. The Labute approximate surface area is 267 Å². The Balaban J connectivity index is 1.55. The summed E-state index contributed by atoms with van der Waals surface area (Å²) in [5, 5.41) is 19.6. The first-order valence-corrected chi connectivity index (χ1v) is 14.3. The molecule has 1 aromatic carbocycles. The summed E-state index contributed by atoms with van der Waals surface area (Å²) in [6.45, 7) is 2.40. The highest BCUT2D eigenvalue weighted by molar-refractivity contribution is 6.39. The SMILES string of the molecule is Cn1ncc(OCCOCCOCCOCCN=[N+]=[N-])c(-c2ccc(C[C@H](NC(=O)c3c(Cl)cncc3Cl)C(=O)O)cc2)c1=O. The molecule has 3 aromatic rings. The van der Waals surface area contributed by atoms with E-state index in [-0.39, 0.29) is 53.1 Å². The first kappa shape index (κ1) is 35.2. The van der Waals surface area contributed by atoms with Crippen LogP contribution >= 0.6 is 23.2 Å². The zero-order chi connectivity index (χ0) is 32.6. The molecule has 2 heterocycles. The van der Waals surface area contributed by atoms with Crippen LogP contribution in [0.4, 0.5) is 0 Å². The number of pyridine rings is 1. The minimum absolute atomic E-state index is 0.00977. The van der Waals surface area contributed by atoms with Crippen molar-refractivity contribution in [2.45, 2.75) is 12.5 Å². The molecule has 240 valence electrons. The largest absolute Gasteiger partial charge is 0.489 e. The number of hydrogen-bond donors (Lipinski definition) is 2. The van der Waals surface area contributed by atoms with Crippen molar-refractivity contribution in [1.82, 2.24) is 20.1 Å². The van der Waals surface area contributed by atoms with Crippen molar-refractivity contribution in [2.75, 3.05) is 52.8 Å². The van der Waals surface area contributed by atoms with Gasteiger partial charge >= 0.3 is 5.97 Å². The first-order chi connectivity index (χ1) is 21.7. The van der Waals surface area contributed by atoms with Gasteiger partial charge in [0.15, 0.2) is 5.75 Å². The van der Waals surface area contributed by atoms with E-state index in [9.17, 15) is 19.5 Å². The van der Waals surface area contributed by atoms with Crippen molar-refractivity contribution in [1.29, 1.82) is 0 Å². The first-order valence-electron chi connectivity index (χ1n) is 13.6. The number of carbonyl (C=O) groups excluding carboxylic acids is 1. The van der Waals surface area contributed by atoms with Gasteiger partial charge in [0.25, 0.3) is 11.5 Å². The molecule has 17 heteroatoms. The zero-order valence-corrected chi connectivity index (χ0v) is 25.7. The van der Waals surface area contributed by atoms with Gasteiger partial charge in [-0.15, -0.1) is 0 Å². The van der Waals surface area contributed by atoms with E-state index >= 15 is 0 Å². The van der Waals surface area contributed by atoms with Gasteiger partial charge in [0, 0.05) is 37.3 Å². The molecule has 0 saturated carbocycles. The van der Waals surface area contributed by atoms with Gasteiger partial charge < -0.3 is 29.4 Å². The maximum absolute atomic E-state index is 13.0. The predicted molar refractivity (Wildman–Crippen MR) is 164 cm³/mol. The van der Waals surface area contributed by atoms with Crippen LogP contribution < -0.4 is 15.6 Å². The van der Waals surface area contributed by atoms with Crippen LogP contribution in [0.25, 0.3) is 21.6 Å². The normalized spacial score (nSPS) is 11.4. The maximum Gasteiger partial charge on any atom is 0.326 e. The standard InChI is InChI=1S/C28H31Cl2N7O8/c1-37-27(39)24(23(17-34-37)45-13-12-44-11-10-43-9-8-42-7-6-33-36-31)19-4-2-18(3-5-19)14-22(28(40)41)35-26(38)25-20(29)15-32-16-21(25)30/h2-5,15-17,22H,6-14H2,1H3,(H,35,38)(H,40,41)/t22-/m0/s1. The van der Waals surface area contributed by atoms with Crippen molar-refractivity contribution >= 4 is 35.1 Å². The number of carboxylic acid groups (broad SMARTS) is 1. The van der Waals surface area contributed by atoms with Crippen LogP contribution in [0.2, 0.25) is 10.0 Å². The number of rotatable bonds is 19. The summed E-state index contributed by atoms with van der Waals surface area (Å²) in [4.78, 5) is 44.0. The minimum atomic E-state index is -1.29. The molecule has 1 amide bonds. The number of aryl methyl sites for hydroxylation is 1. The van der Waals surface area contributed by atoms with Crippen LogP contribution in [0.5, 0.6) is 5.75 Å². The van der Waals surface area contributed by atoms with Gasteiger partial charge in [-0.05, 0) is 16.7 Å². The summed E-state index contributed by atoms with van der Waals surface area (Å²) in [6, 6.07) is 5.34. The summed E-state index contributed by atoms with van der Waals surface area (Å²) in [5.41, 5.74) is 9.11. The van der Waals surface area contributed by atoms with Gasteiger partial charge in [-0.1, -0.05) is 52.6 Å². The lowest BCUT2D eigenvalue weighted by atomic mass is 10.0. The third-order valence-electron chi connectivity index (χ3n) is 6.10. The van der Waals surface area contributed by atoms with E-state index < -0.39 is 23.5 Å². The fourth-order valence-corrected chi connectivity index (χ4v) is 4.44. The highest BCUT2D eigenvalue weighted by Gasteiger charge is 2.24. The van der Waals surface area contributed by atoms with Gasteiger partial charge in [-0.25, -0.2) is 9.48 Å². The van der Waals surface area contributed by atoms with Crippen molar-refractivity contribution in [3.8, 4) is 16.9 Å². The van der Waals surface area contributed by atoms with E-state index in [1.165, 1.54) is 30.3 Å². The van der Waals surface area contributed by atoms with E-state index in [0.717, 1.165) is 0 Å². The monoisotopic (exact) mass is 663 g/mol. The molecule has 1 atom stereocenters. The fourth-order valence-electron chi connectivity index (χ4n) is 3.90. The molecule has 0 aliphatic carbocycles. The third-order valence-corrected chi connectivity index (χ3v) is 6.67. The van der Waals surface area contributed by atoms with Crippen LogP contribution in [0.15, 0.2) is 52.8 Å². The number of ether oxygens (including phenoxy) is 4. The Bertz CT molecular complexity index is 1530. The second kappa shape index (κ2) is 18.5. The Kier molecular flexibility index (Phi) is 14.5. The summed E-state index contributed by atoms with van der Waals surface area (Å²) in [7, 11) is 1.51. The number of aromatic nitrogens is 3. The Hall–Kier alpha value is -4.24. The lowest BCUT2D eigenvalue weighted by Gasteiger charge is -2.16. The topological polar surface area (TPSA) is 200 Å². The van der Waals surface area contributed by atoms with E-state index in [1.807, 2.05) is 0 Å². The van der Waals surface area contributed by atoms with Crippen LogP contribution in [-0.4, -0.2) is 90.6 Å². The molecule has 0 saturated heterocycles. The summed E-state index contributed by atoms with van der Waals surface area (Å²) >= 11 is 12.1. The molecule has 0 unspecified atom stereocenters. The van der Waals surface area contributed by atoms with Gasteiger partial charge in [0.1, 0.15) is 12.6 Å². The second-order valence-corrected chi connectivity index (χ2v) is 10.0. The van der Waals surface area contributed by atoms with Gasteiger partial charge in [-0.2, -0.15) is 5.10 Å². The summed E-state index contributed by atoms with van der Waals surface area (Å²) < 4.78 is 23.1. The van der Waals surface area contributed by atoms with E-state index in [1.54, 1.807) is 24.3 Å². The number of benzene rings is 1. The Morgan fingerprint density at radius 1 is 1.00 bits per heavy atom. The molecular formula is C28H31Cl2N7O8. The van der Waals surface area contributed by atoms with Gasteiger partial charge in [0.2, 0.25) is 0 Å². The molecule has 0 spiro atoms. The number of hydrogen-bond acceptors (Lipinski definition) is 10. The van der Waals surface area contributed by atoms with E-state index in [2.05, 4.69) is 25.4 Å². The number of azide groups is 1. The number of aliphatic carboxylic acids is 1. The third kappa shape index (κ3) is 11.0. The summed E-state index contributed by atoms with van der Waals surface area (Å²) in [5.74, 6) is -1.75. The second-order valence-electron chi connectivity index (χ2n) is 9.20. The molecular weight excluding hydrogens is 633 g/mol. The number of nitrogens with one attached hydrogen (secondary N) is 1. The Morgan fingerprint density at radius 3 is 2.20 bits per heavy atom. The molecule has 0 bridgehead atoms. The van der Waals surface area contributed by atoms with Crippen LogP contribution in [0.1, 0.15) is 15.9 Å². The van der Waals surface area contributed by atoms with E-state index in [4.69, 9.17) is 47.7 Å². The number of carbonyl (C=O) groups is 2. The quantitative estimate of drug-likeness (QED) is 0.0829. The Morgan fingerprint density at radius 2 is 1.60 bits per heavy atom. The predicted octanol–water partition coefficient (Wildman–Crippen LogP) is 3.31. The van der Waals surface area contributed by atoms with E-state index in [0.29, 0.717) is 44.2 Å². The van der Waals surface area contributed by atoms with Crippen LogP contribution in [0, 0.1) is 0 Å². The maximum atomic E-state index is 13.0. The zero-order valence-electron chi connectivity index (χ0n) is 24.2. The number of amides is 1. The minimum Gasteiger partial charge on any atom is -0.489 e. The molecule has 0 radical (unpaired) electrons. The highest BCUT2D eigenvalue weighted by Crippen LogP contribution is 2.27. The van der Waals surface area contributed by atoms with Crippen molar-refractivity contribution < 1.29 is 33.6 Å². The van der Waals surface area contributed by atoms with Gasteiger partial charge in [0.05, 0.1) is 67.0 Å². The number of nitrogens with zero attached hydrogens (tertiary/aromatic N) is 6. The lowest BCUT2D eigenvalue weighted by molar-refractivity contribution is -0.139. The van der Waals surface area contributed by atoms with Crippen LogP contribution in [0.3, 0.4) is 0 Å². The van der Waals surface area contributed by atoms with Crippen molar-refractivity contribution in [2.24, 2.45) is 12.2 Å². The number of halogens is 2. The molecule has 2 aromatic heterocycles. The molecule has 15 nitrogen and oxygen atoms in total. The van der Waals surface area contributed by atoms with Crippen LogP contribution in [-0.2, 0) is 32.5 Å². The molecule has 0 fully saturated rings. The van der Waals surface area contributed by atoms with Gasteiger partial charge in [-0.3, -0.25) is 14.6 Å². The average Bonchev–Trinajstić information content (AvgIpc) is 3.01. The fraction of sp³-hybridized carbons (Fsp3) is 0.393. The molecule has 3 rings (SSSR count). The van der Waals surface area contributed by atoms with Crippen molar-refractivity contribution in [3.63, 3.8) is 0 Å². The molecule has 0 aliphatic heterocycles. The highest BCUT2D eigenvalue weighted by atomic mass is 35.5.